The molecule has 0 saturated carbocycles. The molecule has 0 fully saturated rings. The third kappa shape index (κ3) is 7.38. The maximum Gasteiger partial charge on any atom is 0.185 e. The van der Waals surface area contributed by atoms with Gasteiger partial charge in [-0.15, -0.1) is 0 Å². The van der Waals surface area contributed by atoms with Crippen molar-refractivity contribution in [2.24, 2.45) is 16.5 Å². The highest BCUT2D eigenvalue weighted by Gasteiger charge is 1.89. The normalized spacial score (nSPS) is 12.6. The lowest BCUT2D eigenvalue weighted by molar-refractivity contribution is 0.564. The van der Waals surface area contributed by atoms with Gasteiger partial charge in [0.15, 0.2) is 17.0 Å². The van der Waals surface area contributed by atoms with Crippen LogP contribution in [0, 0.1) is 0 Å². The summed E-state index contributed by atoms with van der Waals surface area (Å²) in [5, 5.41) is 0. The molecule has 0 aliphatic rings. The molecule has 5 nitrogen and oxygen atoms in total. The van der Waals surface area contributed by atoms with Crippen LogP contribution in [0.2, 0.25) is 0 Å². The van der Waals surface area contributed by atoms with E-state index in [9.17, 15) is 4.21 Å². The van der Waals surface area contributed by atoms with Crippen LogP contribution in [0.5, 0.6) is 0 Å². The Labute approximate surface area is 55.4 Å². The van der Waals surface area contributed by atoms with Gasteiger partial charge in [-0.05, 0) is 0 Å². The lowest BCUT2D eigenvalue weighted by Crippen LogP contribution is -2.23. The quantitative estimate of drug-likeness (QED) is 0.259. The summed E-state index contributed by atoms with van der Waals surface area (Å²) >= 11 is -1.80. The maximum absolute atomic E-state index is 9.94. The molecule has 0 spiro atoms. The summed E-state index contributed by atoms with van der Waals surface area (Å²) in [5.74, 6) is 0.0261. The Morgan fingerprint density at radius 1 is 1.67 bits per heavy atom. The van der Waals surface area contributed by atoms with E-state index in [1.54, 1.807) is 0 Å². The molecule has 0 aliphatic heterocycles. The Hall–Kier alpha value is -0.620. The minimum absolute atomic E-state index is 0.0551. The van der Waals surface area contributed by atoms with E-state index in [0.717, 1.165) is 0 Å². The smallest absolute Gasteiger partial charge is 0.185 e. The summed E-state index contributed by atoms with van der Waals surface area (Å²) in [6, 6.07) is 0. The van der Waals surface area contributed by atoms with Crippen LogP contribution in [0.3, 0.4) is 0 Å². The zero-order valence-electron chi connectivity index (χ0n) is 4.78. The second-order valence-electron chi connectivity index (χ2n) is 1.33. The zero-order chi connectivity index (χ0) is 7.28. The van der Waals surface area contributed by atoms with Gasteiger partial charge in [-0.1, -0.05) is 0 Å². The third-order valence-electron chi connectivity index (χ3n) is 0.560. The number of rotatable bonds is 3. The van der Waals surface area contributed by atoms with E-state index in [2.05, 4.69) is 4.99 Å². The van der Waals surface area contributed by atoms with Crippen molar-refractivity contribution in [3.05, 3.63) is 0 Å². The Morgan fingerprint density at radius 2 is 2.22 bits per heavy atom. The first-order valence-corrected chi connectivity index (χ1v) is 3.53. The van der Waals surface area contributed by atoms with Gasteiger partial charge in [0.05, 0.1) is 12.3 Å². The summed E-state index contributed by atoms with van der Waals surface area (Å²) in [6.45, 7) is 0.200. The molecular formula is C3H9N3O2S. The van der Waals surface area contributed by atoms with Crippen LogP contribution in [0.1, 0.15) is 0 Å². The number of guanidine groups is 1. The minimum Gasteiger partial charge on any atom is -0.370 e. The van der Waals surface area contributed by atoms with Crippen molar-refractivity contribution >= 4 is 17.0 Å². The van der Waals surface area contributed by atoms with E-state index in [1.165, 1.54) is 0 Å². The van der Waals surface area contributed by atoms with Gasteiger partial charge in [0.2, 0.25) is 0 Å². The van der Waals surface area contributed by atoms with Gasteiger partial charge in [-0.2, -0.15) is 0 Å². The molecule has 5 N–H and O–H groups in total. The van der Waals surface area contributed by atoms with E-state index in [1.807, 2.05) is 0 Å². The van der Waals surface area contributed by atoms with Gasteiger partial charge in [0.25, 0.3) is 0 Å². The first-order valence-electron chi connectivity index (χ1n) is 2.26. The minimum atomic E-state index is -1.80. The average Bonchev–Trinajstić information content (AvgIpc) is 1.63. The highest BCUT2D eigenvalue weighted by atomic mass is 32.2. The van der Waals surface area contributed by atoms with Crippen LogP contribution >= 0.6 is 0 Å². The van der Waals surface area contributed by atoms with E-state index >= 15 is 0 Å². The maximum atomic E-state index is 9.94. The molecule has 0 rings (SSSR count). The topological polar surface area (TPSA) is 102 Å². The summed E-state index contributed by atoms with van der Waals surface area (Å²) < 4.78 is 18.1. The Kier molecular flexibility index (Phi) is 3.98. The molecule has 1 unspecified atom stereocenters. The molecular weight excluding hydrogens is 142 g/mol. The molecule has 0 aromatic rings. The van der Waals surface area contributed by atoms with Crippen molar-refractivity contribution in [2.45, 2.75) is 0 Å². The second-order valence-corrected chi connectivity index (χ2v) is 2.38. The average molecular weight is 151 g/mol. The molecule has 6 heteroatoms. The lowest BCUT2D eigenvalue weighted by atomic mass is 10.8. The lowest BCUT2D eigenvalue weighted by Gasteiger charge is -1.89. The number of nitrogens with zero attached hydrogens (tertiary/aromatic N) is 1. The van der Waals surface area contributed by atoms with E-state index in [4.69, 9.17) is 16.0 Å². The number of nitrogens with two attached hydrogens (primary N) is 2. The fourth-order valence-corrected chi connectivity index (χ4v) is 0.500. The fraction of sp³-hybridized carbons (Fsp3) is 0.667. The van der Waals surface area contributed by atoms with E-state index < -0.39 is 11.1 Å². The van der Waals surface area contributed by atoms with Crippen molar-refractivity contribution in [3.8, 4) is 0 Å². The summed E-state index contributed by atoms with van der Waals surface area (Å²) in [7, 11) is 0. The Balaban J connectivity index is 3.31. The first kappa shape index (κ1) is 8.38. The van der Waals surface area contributed by atoms with E-state index in [0.29, 0.717) is 0 Å². The molecule has 9 heavy (non-hydrogen) atoms. The SMILES string of the molecule is NC(N)=NCCS(=O)O. The van der Waals surface area contributed by atoms with Crippen LogP contribution in [0.4, 0.5) is 0 Å². The summed E-state index contributed by atoms with van der Waals surface area (Å²) in [6.07, 6.45) is 0. The van der Waals surface area contributed by atoms with E-state index in [-0.39, 0.29) is 18.3 Å². The molecule has 0 heterocycles. The van der Waals surface area contributed by atoms with Gasteiger partial charge in [0, 0.05) is 0 Å². The molecule has 0 aliphatic carbocycles. The summed E-state index contributed by atoms with van der Waals surface area (Å²) in [4.78, 5) is 3.48. The van der Waals surface area contributed by atoms with Crippen molar-refractivity contribution < 1.29 is 8.76 Å². The Bertz CT molecular complexity index is 131. The van der Waals surface area contributed by atoms with Gasteiger partial charge < -0.3 is 16.0 Å². The van der Waals surface area contributed by atoms with Crippen LogP contribution in [-0.4, -0.2) is 27.0 Å². The molecule has 0 radical (unpaired) electrons. The van der Waals surface area contributed by atoms with Crippen molar-refractivity contribution in [1.29, 1.82) is 0 Å². The van der Waals surface area contributed by atoms with Crippen LogP contribution in [0.25, 0.3) is 0 Å². The van der Waals surface area contributed by atoms with Gasteiger partial charge >= 0.3 is 0 Å². The molecule has 0 bridgehead atoms. The molecule has 54 valence electrons. The van der Waals surface area contributed by atoms with Crippen molar-refractivity contribution in [2.75, 3.05) is 12.3 Å². The standard InChI is InChI=1S/C3H9N3O2S/c4-3(5)6-1-2-9(7)8/h1-2H2,(H,7,8)(H4,4,5,6). The van der Waals surface area contributed by atoms with Crippen LogP contribution in [-0.2, 0) is 11.1 Å². The molecule has 0 saturated heterocycles. The highest BCUT2D eigenvalue weighted by molar-refractivity contribution is 7.79. The fourth-order valence-electron chi connectivity index (χ4n) is 0.253. The number of aliphatic imine (C=N–C) groups is 1. The predicted molar refractivity (Wildman–Crippen MR) is 36.3 cm³/mol. The third-order valence-corrected chi connectivity index (χ3v) is 1.09. The highest BCUT2D eigenvalue weighted by Crippen LogP contribution is 1.74. The Morgan fingerprint density at radius 3 is 2.56 bits per heavy atom. The van der Waals surface area contributed by atoms with Gasteiger partial charge in [-0.25, -0.2) is 4.21 Å². The van der Waals surface area contributed by atoms with Crippen molar-refractivity contribution in [1.82, 2.24) is 0 Å². The largest absolute Gasteiger partial charge is 0.370 e. The first-order chi connectivity index (χ1) is 4.13. The molecule has 0 amide bonds. The van der Waals surface area contributed by atoms with Gasteiger partial charge in [-0.3, -0.25) is 4.99 Å². The second kappa shape index (κ2) is 4.28. The monoisotopic (exact) mass is 151 g/mol. The molecule has 0 aromatic heterocycles. The number of hydrogen-bond donors (Lipinski definition) is 3. The van der Waals surface area contributed by atoms with Crippen LogP contribution < -0.4 is 11.5 Å². The molecule has 0 aromatic carbocycles. The van der Waals surface area contributed by atoms with Crippen LogP contribution in [0.15, 0.2) is 4.99 Å². The molecule has 1 atom stereocenters. The number of hydrogen-bond acceptors (Lipinski definition) is 2. The van der Waals surface area contributed by atoms with Gasteiger partial charge in [0.1, 0.15) is 0 Å². The zero-order valence-corrected chi connectivity index (χ0v) is 5.60. The summed E-state index contributed by atoms with van der Waals surface area (Å²) in [5.41, 5.74) is 9.85. The van der Waals surface area contributed by atoms with Crippen molar-refractivity contribution in [3.63, 3.8) is 0 Å². The predicted octanol–water partition coefficient (Wildman–Crippen LogP) is -1.52.